The Morgan fingerprint density at radius 2 is 2.30 bits per heavy atom. The van der Waals surface area contributed by atoms with Crippen molar-refractivity contribution < 1.29 is 13.2 Å². The van der Waals surface area contributed by atoms with Gasteiger partial charge in [-0.15, -0.1) is 0 Å². The second kappa shape index (κ2) is 6.80. The number of nitrogens with one attached hydrogen (secondary N) is 1. The highest BCUT2D eigenvalue weighted by Gasteiger charge is 2.37. The van der Waals surface area contributed by atoms with Gasteiger partial charge in [0.1, 0.15) is 0 Å². The summed E-state index contributed by atoms with van der Waals surface area (Å²) in [5, 5.41) is 3.29. The molecule has 0 amide bonds. The molecule has 1 aliphatic heterocycles. The van der Waals surface area contributed by atoms with Gasteiger partial charge in [-0.1, -0.05) is 6.92 Å². The van der Waals surface area contributed by atoms with Crippen LogP contribution in [0.5, 0.6) is 0 Å². The van der Waals surface area contributed by atoms with Crippen LogP contribution in [0.4, 0.5) is 13.2 Å². The molecule has 0 aromatic carbocycles. The molecule has 1 saturated heterocycles. The van der Waals surface area contributed by atoms with Crippen LogP contribution in [0.3, 0.4) is 0 Å². The molecule has 2 heterocycles. The first-order valence-corrected chi connectivity index (χ1v) is 8.01. The molecule has 1 aromatic rings. The summed E-state index contributed by atoms with van der Waals surface area (Å²) in [6, 6.07) is 0.827. The minimum absolute atomic E-state index is 0.247. The van der Waals surface area contributed by atoms with E-state index in [4.69, 9.17) is 0 Å². The predicted molar refractivity (Wildman–Crippen MR) is 75.7 cm³/mol. The van der Waals surface area contributed by atoms with Crippen molar-refractivity contribution in [3.8, 4) is 0 Å². The molecule has 2 rings (SSSR count). The quantitative estimate of drug-likeness (QED) is 0.893. The summed E-state index contributed by atoms with van der Waals surface area (Å²) in [6.07, 6.45) is 0.123. The lowest BCUT2D eigenvalue weighted by molar-refractivity contribution is -0.138. The van der Waals surface area contributed by atoms with Crippen LogP contribution in [-0.2, 0) is 6.18 Å². The van der Waals surface area contributed by atoms with Crippen molar-refractivity contribution in [2.24, 2.45) is 5.92 Å². The van der Waals surface area contributed by atoms with Gasteiger partial charge in [-0.05, 0) is 48.4 Å². The van der Waals surface area contributed by atoms with Gasteiger partial charge >= 0.3 is 6.18 Å². The van der Waals surface area contributed by atoms with Crippen LogP contribution >= 0.6 is 11.8 Å². The first-order valence-electron chi connectivity index (χ1n) is 6.86. The largest absolute Gasteiger partial charge is 0.416 e. The summed E-state index contributed by atoms with van der Waals surface area (Å²) in [7, 11) is 0. The summed E-state index contributed by atoms with van der Waals surface area (Å²) in [6.45, 7) is 2.74. The number of hydrogen-bond acceptors (Lipinski definition) is 3. The number of halogens is 3. The lowest BCUT2D eigenvalue weighted by Crippen LogP contribution is -2.31. The highest BCUT2D eigenvalue weighted by atomic mass is 32.2. The van der Waals surface area contributed by atoms with E-state index in [9.17, 15) is 13.2 Å². The van der Waals surface area contributed by atoms with Crippen LogP contribution < -0.4 is 5.32 Å². The number of nitrogens with zero attached hydrogens (tertiary/aromatic N) is 1. The fourth-order valence-electron chi connectivity index (χ4n) is 2.56. The predicted octanol–water partition coefficient (Wildman–Crippen LogP) is 3.89. The summed E-state index contributed by atoms with van der Waals surface area (Å²) in [5.41, 5.74) is -0.265. The Labute approximate surface area is 121 Å². The Morgan fingerprint density at radius 3 is 2.90 bits per heavy atom. The molecular formula is C14H19F3N2S. The van der Waals surface area contributed by atoms with Crippen molar-refractivity contribution in [2.75, 3.05) is 18.1 Å². The van der Waals surface area contributed by atoms with E-state index in [1.165, 1.54) is 12.4 Å². The monoisotopic (exact) mass is 304 g/mol. The third kappa shape index (κ3) is 3.67. The number of thioether (sulfide) groups is 1. The fraction of sp³-hybridized carbons (Fsp3) is 0.643. The minimum Gasteiger partial charge on any atom is -0.310 e. The van der Waals surface area contributed by atoms with Crippen LogP contribution in [-0.4, -0.2) is 23.0 Å². The molecule has 2 atom stereocenters. The molecule has 0 spiro atoms. The van der Waals surface area contributed by atoms with E-state index in [0.717, 1.165) is 37.0 Å². The van der Waals surface area contributed by atoms with Crippen molar-refractivity contribution in [2.45, 2.75) is 32.0 Å². The number of pyridine rings is 1. The van der Waals surface area contributed by atoms with Crippen LogP contribution in [0.15, 0.2) is 18.5 Å². The van der Waals surface area contributed by atoms with Crippen LogP contribution in [0.1, 0.15) is 36.9 Å². The molecule has 1 N–H and O–H groups in total. The van der Waals surface area contributed by atoms with Gasteiger partial charge in [-0.2, -0.15) is 24.9 Å². The van der Waals surface area contributed by atoms with E-state index in [1.54, 1.807) is 0 Å². The van der Waals surface area contributed by atoms with E-state index < -0.39 is 11.7 Å². The van der Waals surface area contributed by atoms with E-state index in [1.807, 2.05) is 18.7 Å². The maximum Gasteiger partial charge on any atom is 0.416 e. The molecule has 0 bridgehead atoms. The van der Waals surface area contributed by atoms with Gasteiger partial charge in [0.05, 0.1) is 5.56 Å². The molecule has 0 aliphatic carbocycles. The summed E-state index contributed by atoms with van der Waals surface area (Å²) in [4.78, 5) is 3.91. The molecular weight excluding hydrogens is 285 g/mol. The average molecular weight is 304 g/mol. The zero-order valence-electron chi connectivity index (χ0n) is 11.4. The molecule has 6 heteroatoms. The van der Waals surface area contributed by atoms with Crippen molar-refractivity contribution in [3.63, 3.8) is 0 Å². The summed E-state index contributed by atoms with van der Waals surface area (Å²) in [5.74, 6) is 2.18. The van der Waals surface area contributed by atoms with Crippen molar-refractivity contribution in [3.05, 3.63) is 29.6 Å². The lowest BCUT2D eigenvalue weighted by atomic mass is 9.90. The SMILES string of the molecule is CCCNC(c1cnccc1C(F)(F)F)C1CCSC1. The normalized spacial score (nSPS) is 21.1. The first-order chi connectivity index (χ1) is 9.54. The average Bonchev–Trinajstić information content (AvgIpc) is 2.92. The second-order valence-corrected chi connectivity index (χ2v) is 6.17. The maximum absolute atomic E-state index is 13.2. The molecule has 1 aliphatic rings. The number of rotatable bonds is 5. The molecule has 0 saturated carbocycles. The van der Waals surface area contributed by atoms with Gasteiger partial charge < -0.3 is 5.32 Å². The number of hydrogen-bond donors (Lipinski definition) is 1. The molecule has 0 radical (unpaired) electrons. The van der Waals surface area contributed by atoms with E-state index in [0.29, 0.717) is 5.56 Å². The zero-order valence-corrected chi connectivity index (χ0v) is 12.2. The highest BCUT2D eigenvalue weighted by Crippen LogP contribution is 2.39. The van der Waals surface area contributed by atoms with E-state index >= 15 is 0 Å². The third-order valence-corrected chi connectivity index (χ3v) is 4.73. The van der Waals surface area contributed by atoms with Gasteiger partial charge in [0.2, 0.25) is 0 Å². The molecule has 1 fully saturated rings. The highest BCUT2D eigenvalue weighted by molar-refractivity contribution is 7.99. The number of alkyl halides is 3. The van der Waals surface area contributed by atoms with Crippen molar-refractivity contribution in [1.82, 2.24) is 10.3 Å². The fourth-order valence-corrected chi connectivity index (χ4v) is 3.86. The Balaban J connectivity index is 2.32. The van der Waals surface area contributed by atoms with Gasteiger partial charge in [0, 0.05) is 18.4 Å². The Hall–Kier alpha value is -0.750. The van der Waals surface area contributed by atoms with Crippen LogP contribution in [0.2, 0.25) is 0 Å². The minimum atomic E-state index is -4.32. The first kappa shape index (κ1) is 15.6. The maximum atomic E-state index is 13.2. The molecule has 112 valence electrons. The Kier molecular flexibility index (Phi) is 5.32. The topological polar surface area (TPSA) is 24.9 Å². The molecule has 20 heavy (non-hydrogen) atoms. The lowest BCUT2D eigenvalue weighted by Gasteiger charge is -2.27. The number of aromatic nitrogens is 1. The van der Waals surface area contributed by atoms with Gasteiger partial charge in [0.25, 0.3) is 0 Å². The van der Waals surface area contributed by atoms with Crippen molar-refractivity contribution in [1.29, 1.82) is 0 Å². The van der Waals surface area contributed by atoms with Crippen LogP contribution in [0.25, 0.3) is 0 Å². The second-order valence-electron chi connectivity index (χ2n) is 5.02. The van der Waals surface area contributed by atoms with E-state index in [-0.39, 0.29) is 12.0 Å². The van der Waals surface area contributed by atoms with Crippen LogP contribution in [0, 0.1) is 5.92 Å². The molecule has 2 unspecified atom stereocenters. The standard InChI is InChI=1S/C14H19F3N2S/c1-2-5-19-13(10-4-7-20-9-10)11-8-18-6-3-12(11)14(15,16)17/h3,6,8,10,13,19H,2,4-5,7,9H2,1H3. The molecule has 1 aromatic heterocycles. The summed E-state index contributed by atoms with van der Waals surface area (Å²) >= 11 is 1.81. The van der Waals surface area contributed by atoms with E-state index in [2.05, 4.69) is 10.3 Å². The Bertz CT molecular complexity index is 431. The third-order valence-electron chi connectivity index (χ3n) is 3.54. The van der Waals surface area contributed by atoms with Crippen molar-refractivity contribution >= 4 is 11.8 Å². The van der Waals surface area contributed by atoms with Gasteiger partial charge in [-0.25, -0.2) is 0 Å². The van der Waals surface area contributed by atoms with Gasteiger partial charge in [0.15, 0.2) is 0 Å². The van der Waals surface area contributed by atoms with Gasteiger partial charge in [-0.3, -0.25) is 4.98 Å². The Morgan fingerprint density at radius 1 is 1.50 bits per heavy atom. The molecule has 2 nitrogen and oxygen atoms in total. The smallest absolute Gasteiger partial charge is 0.310 e. The summed E-state index contributed by atoms with van der Waals surface area (Å²) < 4.78 is 39.5. The zero-order chi connectivity index (χ0) is 14.6.